The van der Waals surface area contributed by atoms with Crippen LogP contribution in [0.25, 0.3) is 0 Å². The first kappa shape index (κ1) is 49.3. The van der Waals surface area contributed by atoms with Gasteiger partial charge in [-0.1, -0.05) is 24.3 Å². The Kier molecular flexibility index (Phi) is 13.4. The van der Waals surface area contributed by atoms with Crippen molar-refractivity contribution in [2.24, 2.45) is 0 Å². The fourth-order valence-electron chi connectivity index (χ4n) is 7.16. The van der Waals surface area contributed by atoms with Gasteiger partial charge in [-0.3, -0.25) is 19.0 Å². The number of hydrogen-bond acceptors (Lipinski definition) is 12. The Morgan fingerprint density at radius 3 is 1.28 bits per heavy atom. The molecule has 4 aromatic heterocycles. The molecule has 0 saturated heterocycles. The molecule has 2 aromatic carbocycles. The molecule has 2 aliphatic rings. The van der Waals surface area contributed by atoms with Crippen LogP contribution in [0.4, 0.5) is 43.9 Å². The molecule has 0 radical (unpaired) electrons. The Labute approximate surface area is 376 Å². The third-order valence-electron chi connectivity index (χ3n) is 10.4. The number of halogens is 10. The van der Waals surface area contributed by atoms with Crippen LogP contribution in [0, 0.1) is 23.3 Å². The van der Waals surface area contributed by atoms with Crippen LogP contribution in [0.5, 0.6) is 0 Å². The third-order valence-corrected chi connectivity index (χ3v) is 13.4. The van der Waals surface area contributed by atoms with Crippen LogP contribution in [0.1, 0.15) is 45.5 Å². The maximum absolute atomic E-state index is 14.1. The lowest BCUT2D eigenvalue weighted by atomic mass is 9.97. The molecule has 30 heteroatoms. The van der Waals surface area contributed by atoms with Crippen LogP contribution >= 0.6 is 0 Å². The zero-order chi connectivity index (χ0) is 49.7. The molecule has 2 amide bonds. The van der Waals surface area contributed by atoms with Gasteiger partial charge in [0.05, 0.1) is 61.9 Å². The molecular formula is C38H32F10N10O8S2. The van der Waals surface area contributed by atoms with Crippen molar-refractivity contribution in [3.8, 4) is 0 Å². The summed E-state index contributed by atoms with van der Waals surface area (Å²) in [7, 11) is -8.69. The minimum absolute atomic E-state index is 0.121. The van der Waals surface area contributed by atoms with E-state index in [0.717, 1.165) is 49.3 Å². The normalized spacial score (nSPS) is 14.9. The van der Waals surface area contributed by atoms with E-state index in [1.54, 1.807) is 0 Å². The number of carbonyl (C=O) groups excluding carboxylic acids is 2. The summed E-state index contributed by atoms with van der Waals surface area (Å²) in [5.74, 6) is -9.05. The second-order valence-corrected chi connectivity index (χ2v) is 18.7. The smallest absolute Gasteiger partial charge is 0.395 e. The topological polar surface area (TPSA) is 221 Å². The predicted molar refractivity (Wildman–Crippen MR) is 207 cm³/mol. The van der Waals surface area contributed by atoms with Gasteiger partial charge >= 0.3 is 12.4 Å². The van der Waals surface area contributed by atoms with Crippen molar-refractivity contribution in [2.75, 3.05) is 13.2 Å². The first-order valence-corrected chi connectivity index (χ1v) is 22.2. The van der Waals surface area contributed by atoms with E-state index in [-0.39, 0.29) is 48.7 Å². The minimum atomic E-state index is -4.59. The standard InChI is InChI=1S/2C19H16F5N5O4S/c2*20-15-3-1-2-13(17(15)21)14(9-30)18(31)27-5-11-6-29(26-16(11)8-27)34(32,33)12-4-25-28(7-12)10-19(22,23)24/h2*1-4,6-7,14,30H,5,8-10H2/t2*14-/m10/s1. The van der Waals surface area contributed by atoms with Gasteiger partial charge in [0, 0.05) is 60.1 Å². The summed E-state index contributed by atoms with van der Waals surface area (Å²) < 4.78 is 183. The highest BCUT2D eigenvalue weighted by atomic mass is 32.2. The van der Waals surface area contributed by atoms with E-state index < -0.39 is 115 Å². The number of aliphatic hydroxyl groups excluding tert-OH is 2. The van der Waals surface area contributed by atoms with Crippen LogP contribution in [-0.2, 0) is 68.9 Å². The first-order valence-electron chi connectivity index (χ1n) is 19.3. The summed E-state index contributed by atoms with van der Waals surface area (Å²) in [4.78, 5) is 27.1. The van der Waals surface area contributed by atoms with Gasteiger partial charge in [-0.2, -0.15) is 71.7 Å². The molecule has 2 aliphatic heterocycles. The molecule has 0 aliphatic carbocycles. The van der Waals surface area contributed by atoms with Gasteiger partial charge < -0.3 is 20.0 Å². The second kappa shape index (κ2) is 18.4. The van der Waals surface area contributed by atoms with Gasteiger partial charge in [-0.15, -0.1) is 0 Å². The van der Waals surface area contributed by atoms with Gasteiger partial charge in [0.25, 0.3) is 20.0 Å². The van der Waals surface area contributed by atoms with E-state index in [4.69, 9.17) is 0 Å². The van der Waals surface area contributed by atoms with Crippen molar-refractivity contribution < 1.29 is 80.5 Å². The Balaban J connectivity index is 0.000000201. The van der Waals surface area contributed by atoms with E-state index in [9.17, 15) is 80.5 Å². The van der Waals surface area contributed by atoms with E-state index >= 15 is 0 Å². The Hall–Kier alpha value is -6.66. The van der Waals surface area contributed by atoms with Crippen LogP contribution < -0.4 is 0 Å². The van der Waals surface area contributed by atoms with Gasteiger partial charge in [-0.05, 0) is 12.1 Å². The first-order chi connectivity index (χ1) is 31.8. The molecule has 0 spiro atoms. The number of aromatic nitrogens is 8. The molecule has 6 heterocycles. The zero-order valence-corrected chi connectivity index (χ0v) is 35.8. The highest BCUT2D eigenvalue weighted by Gasteiger charge is 2.38. The lowest BCUT2D eigenvalue weighted by Gasteiger charge is -2.22. The maximum Gasteiger partial charge on any atom is 0.408 e. The molecule has 0 bridgehead atoms. The van der Waals surface area contributed by atoms with Crippen molar-refractivity contribution in [2.45, 2.75) is 73.2 Å². The SMILES string of the molecule is O=C([C@@H](CO)c1cccc(F)c1F)N1Cc2cn(S(=O)(=O)c3cnn(CC(F)(F)F)c3)nc2C1.O=C([C@H](CO)c1cccc(F)c1F)N1Cc2cn(S(=O)(=O)c3cnn(CC(F)(F)F)c3)nc2C1. The van der Waals surface area contributed by atoms with Crippen molar-refractivity contribution in [1.82, 2.24) is 47.7 Å². The average Bonchev–Trinajstić information content (AvgIpc) is 4.11. The van der Waals surface area contributed by atoms with Gasteiger partial charge in [0.15, 0.2) is 23.3 Å². The average molecular weight is 1010 g/mol. The van der Waals surface area contributed by atoms with Gasteiger partial charge in [0.2, 0.25) is 11.8 Å². The molecule has 364 valence electrons. The van der Waals surface area contributed by atoms with E-state index in [1.807, 2.05) is 0 Å². The number of hydrogen-bond donors (Lipinski definition) is 2. The molecule has 0 unspecified atom stereocenters. The zero-order valence-electron chi connectivity index (χ0n) is 34.2. The number of alkyl halides is 6. The molecule has 0 saturated carbocycles. The van der Waals surface area contributed by atoms with Crippen molar-refractivity contribution in [3.63, 3.8) is 0 Å². The quantitative estimate of drug-likeness (QED) is 0.168. The number of nitrogens with zero attached hydrogens (tertiary/aromatic N) is 10. The Bertz CT molecular complexity index is 2860. The predicted octanol–water partition coefficient (Wildman–Crippen LogP) is 3.55. The number of amides is 2. The molecule has 2 atom stereocenters. The highest BCUT2D eigenvalue weighted by Crippen LogP contribution is 2.32. The van der Waals surface area contributed by atoms with Crippen molar-refractivity contribution in [3.05, 3.63) is 130 Å². The number of aliphatic hydroxyl groups is 2. The van der Waals surface area contributed by atoms with Crippen LogP contribution in [0.3, 0.4) is 0 Å². The molecular weight excluding hydrogens is 979 g/mol. The van der Waals surface area contributed by atoms with Crippen molar-refractivity contribution >= 4 is 31.9 Å². The minimum Gasteiger partial charge on any atom is -0.395 e. The van der Waals surface area contributed by atoms with Crippen LogP contribution in [0.15, 0.2) is 83.4 Å². The molecule has 6 aromatic rings. The fraction of sp³-hybridized carbons (Fsp3) is 0.316. The second-order valence-electron chi connectivity index (χ2n) is 15.1. The maximum atomic E-state index is 14.1. The van der Waals surface area contributed by atoms with E-state index in [1.165, 1.54) is 34.1 Å². The fourth-order valence-corrected chi connectivity index (χ4v) is 9.41. The van der Waals surface area contributed by atoms with Crippen molar-refractivity contribution in [1.29, 1.82) is 0 Å². The lowest BCUT2D eigenvalue weighted by molar-refractivity contribution is -0.143. The summed E-state index contributed by atoms with van der Waals surface area (Å²) in [6, 6.07) is 6.51. The largest absolute Gasteiger partial charge is 0.408 e. The summed E-state index contributed by atoms with van der Waals surface area (Å²) >= 11 is 0. The summed E-state index contributed by atoms with van der Waals surface area (Å²) in [5, 5.41) is 33.9. The van der Waals surface area contributed by atoms with E-state index in [0.29, 0.717) is 28.7 Å². The number of benzene rings is 2. The molecule has 8 rings (SSSR count). The molecule has 18 nitrogen and oxygen atoms in total. The van der Waals surface area contributed by atoms with Crippen LogP contribution in [0.2, 0.25) is 0 Å². The monoisotopic (exact) mass is 1010 g/mol. The summed E-state index contributed by atoms with van der Waals surface area (Å²) in [6.07, 6.45) is -3.97. The van der Waals surface area contributed by atoms with Gasteiger partial charge in [0.1, 0.15) is 22.9 Å². The lowest BCUT2D eigenvalue weighted by Crippen LogP contribution is -2.33. The Morgan fingerprint density at radius 2 is 0.956 bits per heavy atom. The molecule has 68 heavy (non-hydrogen) atoms. The molecule has 2 N–H and O–H groups in total. The summed E-state index contributed by atoms with van der Waals surface area (Å²) in [6.45, 7) is -5.09. The van der Waals surface area contributed by atoms with Gasteiger partial charge in [-0.25, -0.2) is 17.6 Å². The number of fused-ring (bicyclic) bond motifs is 2. The highest BCUT2D eigenvalue weighted by molar-refractivity contribution is 7.90. The molecule has 0 fully saturated rings. The summed E-state index contributed by atoms with van der Waals surface area (Å²) in [5.41, 5.74) is 0.403. The number of carbonyl (C=O) groups is 2. The third kappa shape index (κ3) is 10.1. The van der Waals surface area contributed by atoms with Crippen LogP contribution in [-0.4, -0.2) is 112 Å². The van der Waals surface area contributed by atoms with E-state index in [2.05, 4.69) is 20.4 Å². The number of rotatable bonds is 12. The Morgan fingerprint density at radius 1 is 0.588 bits per heavy atom.